The number of thiophene rings is 1. The Morgan fingerprint density at radius 1 is 1.14 bits per heavy atom. The van der Waals surface area contributed by atoms with Crippen LogP contribution in [0.3, 0.4) is 0 Å². The second-order valence-corrected chi connectivity index (χ2v) is 10.3. The molecule has 2 aliphatic carbocycles. The lowest BCUT2D eigenvalue weighted by atomic mass is 9.69. The van der Waals surface area contributed by atoms with Crippen LogP contribution in [0.25, 0.3) is 0 Å². The number of hydrogen-bond donors (Lipinski definition) is 2. The smallest absolute Gasteiger partial charge is 0.262 e. The van der Waals surface area contributed by atoms with Gasteiger partial charge >= 0.3 is 0 Å². The fourth-order valence-corrected chi connectivity index (χ4v) is 6.02. The fourth-order valence-electron chi connectivity index (χ4n) is 5.39. The van der Waals surface area contributed by atoms with Gasteiger partial charge in [0.25, 0.3) is 5.91 Å². The quantitative estimate of drug-likeness (QED) is 0.741. The molecule has 4 nitrogen and oxygen atoms in total. The zero-order valence-electron chi connectivity index (χ0n) is 17.4. The topological polar surface area (TPSA) is 58.2 Å². The molecule has 4 atom stereocenters. The van der Waals surface area contributed by atoms with Crippen LogP contribution in [-0.2, 0) is 11.2 Å². The van der Waals surface area contributed by atoms with Crippen LogP contribution in [0.15, 0.2) is 47.8 Å². The maximum Gasteiger partial charge on any atom is 0.262 e. The zero-order valence-corrected chi connectivity index (χ0v) is 18.2. The van der Waals surface area contributed by atoms with E-state index in [1.165, 1.54) is 17.8 Å². The number of carbonyl (C=O) groups is 2. The predicted molar refractivity (Wildman–Crippen MR) is 117 cm³/mol. The molecule has 2 fully saturated rings. The molecule has 29 heavy (non-hydrogen) atoms. The summed E-state index contributed by atoms with van der Waals surface area (Å²) >= 11 is 1.39. The molecular weight excluding hydrogens is 380 g/mol. The molecule has 1 aromatic carbocycles. The van der Waals surface area contributed by atoms with Crippen molar-refractivity contribution in [3.63, 3.8) is 0 Å². The highest BCUT2D eigenvalue weighted by atomic mass is 32.1. The van der Waals surface area contributed by atoms with Gasteiger partial charge in [0.05, 0.1) is 4.88 Å². The lowest BCUT2D eigenvalue weighted by Gasteiger charge is -2.40. The standard InChI is InChI=1S/C24H30N2O2S/c1-23(2)17-11-12-24(23,3)20(15-17)26-21(27)18(14-16-8-5-4-6-9-16)25-22(28)19-10-7-13-29-19/h4-10,13,17-18,20H,11-12,14-15H2,1-3H3,(H,25,28)(H,26,27). The number of amides is 2. The van der Waals surface area contributed by atoms with E-state index in [1.54, 1.807) is 6.07 Å². The average Bonchev–Trinajstić information content (AvgIpc) is 3.35. The molecular formula is C24H30N2O2S. The Labute approximate surface area is 177 Å². The second kappa shape index (κ2) is 7.60. The summed E-state index contributed by atoms with van der Waals surface area (Å²) in [4.78, 5) is 26.6. The fraction of sp³-hybridized carbons (Fsp3) is 0.500. The highest BCUT2D eigenvalue weighted by molar-refractivity contribution is 7.12. The van der Waals surface area contributed by atoms with Crippen molar-refractivity contribution in [1.29, 1.82) is 0 Å². The maximum atomic E-state index is 13.3. The van der Waals surface area contributed by atoms with Crippen molar-refractivity contribution in [2.24, 2.45) is 16.7 Å². The second-order valence-electron chi connectivity index (χ2n) is 9.36. The molecule has 2 amide bonds. The Hall–Kier alpha value is -2.14. The van der Waals surface area contributed by atoms with Crippen molar-refractivity contribution in [3.05, 3.63) is 58.3 Å². The number of rotatable bonds is 6. The Morgan fingerprint density at radius 2 is 1.90 bits per heavy atom. The molecule has 2 saturated carbocycles. The number of nitrogens with one attached hydrogen (secondary N) is 2. The lowest BCUT2D eigenvalue weighted by Crippen LogP contribution is -2.54. The summed E-state index contributed by atoms with van der Waals surface area (Å²) < 4.78 is 0. The Kier molecular flexibility index (Phi) is 5.28. The van der Waals surface area contributed by atoms with E-state index in [0.29, 0.717) is 17.2 Å². The van der Waals surface area contributed by atoms with Crippen molar-refractivity contribution in [2.45, 2.75) is 58.5 Å². The van der Waals surface area contributed by atoms with Crippen molar-refractivity contribution in [1.82, 2.24) is 10.6 Å². The molecule has 2 N–H and O–H groups in total. The van der Waals surface area contributed by atoms with Crippen LogP contribution in [0.5, 0.6) is 0 Å². The first kappa shape index (κ1) is 20.1. The molecule has 0 saturated heterocycles. The molecule has 0 spiro atoms. The first-order valence-electron chi connectivity index (χ1n) is 10.5. The van der Waals surface area contributed by atoms with Crippen LogP contribution in [0.2, 0.25) is 0 Å². The van der Waals surface area contributed by atoms with Crippen LogP contribution in [0, 0.1) is 16.7 Å². The minimum atomic E-state index is -0.585. The van der Waals surface area contributed by atoms with Crippen LogP contribution < -0.4 is 10.6 Å². The van der Waals surface area contributed by atoms with Gasteiger partial charge < -0.3 is 10.6 Å². The molecule has 4 rings (SSSR count). The lowest BCUT2D eigenvalue weighted by molar-refractivity contribution is -0.124. The summed E-state index contributed by atoms with van der Waals surface area (Å²) in [7, 11) is 0. The van der Waals surface area contributed by atoms with Crippen LogP contribution in [0.4, 0.5) is 0 Å². The van der Waals surface area contributed by atoms with Gasteiger partial charge in [-0.25, -0.2) is 0 Å². The minimum Gasteiger partial charge on any atom is -0.351 e. The van der Waals surface area contributed by atoms with E-state index in [0.717, 1.165) is 18.4 Å². The van der Waals surface area contributed by atoms with Crippen molar-refractivity contribution < 1.29 is 9.59 Å². The van der Waals surface area contributed by atoms with Gasteiger partial charge in [0.2, 0.25) is 5.91 Å². The molecule has 5 heteroatoms. The van der Waals surface area contributed by atoms with Crippen LogP contribution in [-0.4, -0.2) is 23.9 Å². The molecule has 2 aliphatic rings. The van der Waals surface area contributed by atoms with Crippen LogP contribution in [0.1, 0.15) is 55.3 Å². The molecule has 1 aromatic heterocycles. The highest BCUT2D eigenvalue weighted by Gasteiger charge is 2.61. The van der Waals surface area contributed by atoms with Gasteiger partial charge in [0.1, 0.15) is 6.04 Å². The van der Waals surface area contributed by atoms with Gasteiger partial charge in [-0.3, -0.25) is 9.59 Å². The molecule has 154 valence electrons. The maximum absolute atomic E-state index is 13.3. The van der Waals surface area contributed by atoms with Crippen LogP contribution >= 0.6 is 11.3 Å². The normalized spacial score (nSPS) is 28.1. The van der Waals surface area contributed by atoms with E-state index in [-0.39, 0.29) is 28.7 Å². The molecule has 1 heterocycles. The summed E-state index contributed by atoms with van der Waals surface area (Å²) in [5, 5.41) is 8.18. The molecule has 0 radical (unpaired) electrons. The average molecular weight is 411 g/mol. The van der Waals surface area contributed by atoms with E-state index >= 15 is 0 Å². The van der Waals surface area contributed by atoms with Gasteiger partial charge in [-0.05, 0) is 53.0 Å². The monoisotopic (exact) mass is 410 g/mol. The van der Waals surface area contributed by atoms with Gasteiger partial charge in [-0.1, -0.05) is 57.2 Å². The van der Waals surface area contributed by atoms with Crippen molar-refractivity contribution in [2.75, 3.05) is 0 Å². The van der Waals surface area contributed by atoms with E-state index < -0.39 is 6.04 Å². The third-order valence-corrected chi connectivity index (χ3v) is 8.63. The molecule has 2 bridgehead atoms. The van der Waals surface area contributed by atoms with Gasteiger partial charge in [-0.2, -0.15) is 0 Å². The number of carbonyl (C=O) groups excluding carboxylic acids is 2. The molecule has 4 unspecified atom stereocenters. The number of fused-ring (bicyclic) bond motifs is 2. The highest BCUT2D eigenvalue weighted by Crippen LogP contribution is 2.65. The van der Waals surface area contributed by atoms with Gasteiger partial charge in [0, 0.05) is 12.5 Å². The largest absolute Gasteiger partial charge is 0.351 e. The first-order valence-corrected chi connectivity index (χ1v) is 11.4. The van der Waals surface area contributed by atoms with E-state index in [4.69, 9.17) is 0 Å². The van der Waals surface area contributed by atoms with E-state index in [9.17, 15) is 9.59 Å². The summed E-state index contributed by atoms with van der Waals surface area (Å²) in [5.41, 5.74) is 1.39. The van der Waals surface area contributed by atoms with Gasteiger partial charge in [0.15, 0.2) is 0 Å². The minimum absolute atomic E-state index is 0.0756. The van der Waals surface area contributed by atoms with Crippen molar-refractivity contribution >= 4 is 23.2 Å². The zero-order chi connectivity index (χ0) is 20.6. The predicted octanol–water partition coefficient (Wildman–Crippen LogP) is 4.42. The Morgan fingerprint density at radius 3 is 2.48 bits per heavy atom. The van der Waals surface area contributed by atoms with E-state index in [1.807, 2.05) is 41.8 Å². The summed E-state index contributed by atoms with van der Waals surface area (Å²) in [6.07, 6.45) is 3.92. The SMILES string of the molecule is CC1(C)C2CCC1(C)C(NC(=O)C(Cc1ccccc1)NC(=O)c1cccs1)C2. The number of hydrogen-bond acceptors (Lipinski definition) is 3. The number of benzene rings is 1. The third kappa shape index (κ3) is 3.61. The Balaban J connectivity index is 1.51. The van der Waals surface area contributed by atoms with E-state index in [2.05, 4.69) is 31.4 Å². The summed E-state index contributed by atoms with van der Waals surface area (Å²) in [6, 6.07) is 13.1. The summed E-state index contributed by atoms with van der Waals surface area (Å²) in [5.74, 6) is 0.398. The third-order valence-electron chi connectivity index (χ3n) is 7.76. The first-order chi connectivity index (χ1) is 13.8. The molecule has 2 aromatic rings. The van der Waals surface area contributed by atoms with Crippen molar-refractivity contribution in [3.8, 4) is 0 Å². The summed E-state index contributed by atoms with van der Waals surface area (Å²) in [6.45, 7) is 7.01. The Bertz CT molecular complexity index is 878. The van der Waals surface area contributed by atoms with Gasteiger partial charge in [-0.15, -0.1) is 11.3 Å². The molecule has 0 aliphatic heterocycles.